The van der Waals surface area contributed by atoms with Gasteiger partial charge < -0.3 is 9.80 Å². The van der Waals surface area contributed by atoms with E-state index in [1.54, 1.807) is 0 Å². The van der Waals surface area contributed by atoms with Gasteiger partial charge in [-0.3, -0.25) is 9.48 Å². The molecule has 4 rings (SSSR count). The quantitative estimate of drug-likeness (QED) is 0.797. The molecule has 2 aliphatic rings. The zero-order valence-corrected chi connectivity index (χ0v) is 18.3. The second-order valence-electron chi connectivity index (χ2n) is 8.88. The van der Waals surface area contributed by atoms with Gasteiger partial charge in [0.1, 0.15) is 6.54 Å². The number of hydrogen-bond acceptors (Lipinski definition) is 3. The van der Waals surface area contributed by atoms with E-state index in [0.717, 1.165) is 37.3 Å². The van der Waals surface area contributed by atoms with E-state index in [4.69, 9.17) is 0 Å². The summed E-state index contributed by atoms with van der Waals surface area (Å²) in [6.07, 6.45) is 4.52. The minimum Gasteiger partial charge on any atom is -0.336 e. The lowest BCUT2D eigenvalue weighted by atomic mass is 9.79. The third-order valence-electron chi connectivity index (χ3n) is 7.23. The van der Waals surface area contributed by atoms with Gasteiger partial charge in [-0.05, 0) is 64.8 Å². The summed E-state index contributed by atoms with van der Waals surface area (Å²) in [4.78, 5) is 18.1. The normalized spacial score (nSPS) is 25.5. The number of carbonyl (C=O) groups excluding carboxylic acids is 1. The zero-order chi connectivity index (χ0) is 20.5. The third-order valence-corrected chi connectivity index (χ3v) is 7.23. The van der Waals surface area contributed by atoms with Gasteiger partial charge in [0.05, 0.1) is 5.69 Å². The highest BCUT2D eigenvalue weighted by Gasteiger charge is 2.43. The number of benzene rings is 1. The van der Waals surface area contributed by atoms with Crippen LogP contribution in [0.4, 0.5) is 0 Å². The Labute approximate surface area is 174 Å². The molecule has 0 N–H and O–H groups in total. The zero-order valence-electron chi connectivity index (χ0n) is 18.3. The van der Waals surface area contributed by atoms with Crippen molar-refractivity contribution in [3.63, 3.8) is 0 Å². The molecule has 1 aromatic carbocycles. The molecule has 3 heterocycles. The van der Waals surface area contributed by atoms with Crippen LogP contribution in [0.5, 0.6) is 0 Å². The molecule has 3 atom stereocenters. The molecule has 2 saturated heterocycles. The Bertz CT molecular complexity index is 859. The van der Waals surface area contributed by atoms with Crippen LogP contribution in [0.2, 0.25) is 0 Å². The Kier molecular flexibility index (Phi) is 5.77. The molecule has 29 heavy (non-hydrogen) atoms. The number of piperidine rings is 1. The first-order valence-electron chi connectivity index (χ1n) is 11.0. The minimum absolute atomic E-state index is 0.215. The first-order valence-corrected chi connectivity index (χ1v) is 11.0. The van der Waals surface area contributed by atoms with Crippen LogP contribution in [-0.2, 0) is 11.3 Å². The van der Waals surface area contributed by atoms with Gasteiger partial charge in [-0.25, -0.2) is 0 Å². The Morgan fingerprint density at radius 1 is 1.07 bits per heavy atom. The molecule has 2 fully saturated rings. The molecular weight excluding hydrogens is 360 g/mol. The number of hydrogen-bond donors (Lipinski definition) is 0. The maximum Gasteiger partial charge on any atom is 0.244 e. The molecule has 156 valence electrons. The summed E-state index contributed by atoms with van der Waals surface area (Å²) in [7, 11) is 2.25. The van der Waals surface area contributed by atoms with Crippen LogP contribution in [0, 0.1) is 20.8 Å². The minimum atomic E-state index is 0.215. The second-order valence-corrected chi connectivity index (χ2v) is 8.88. The molecule has 2 aliphatic heterocycles. The van der Waals surface area contributed by atoms with E-state index in [1.165, 1.54) is 24.0 Å². The van der Waals surface area contributed by atoms with Crippen molar-refractivity contribution in [2.75, 3.05) is 20.1 Å². The van der Waals surface area contributed by atoms with E-state index < -0.39 is 0 Å². The van der Waals surface area contributed by atoms with Crippen LogP contribution in [0.15, 0.2) is 30.3 Å². The summed E-state index contributed by atoms with van der Waals surface area (Å²) < 4.78 is 1.89. The van der Waals surface area contributed by atoms with E-state index in [9.17, 15) is 4.79 Å². The smallest absolute Gasteiger partial charge is 0.244 e. The summed E-state index contributed by atoms with van der Waals surface area (Å²) >= 11 is 0. The fourth-order valence-electron chi connectivity index (χ4n) is 5.39. The van der Waals surface area contributed by atoms with Gasteiger partial charge in [0.2, 0.25) is 5.91 Å². The average molecular weight is 395 g/mol. The van der Waals surface area contributed by atoms with Crippen LogP contribution in [0.25, 0.3) is 0 Å². The number of aromatic nitrogens is 2. The number of nitrogens with zero attached hydrogens (tertiary/aromatic N) is 4. The van der Waals surface area contributed by atoms with Gasteiger partial charge in [-0.15, -0.1) is 0 Å². The van der Waals surface area contributed by atoms with Crippen LogP contribution in [0.1, 0.15) is 54.1 Å². The molecule has 0 spiro atoms. The van der Waals surface area contributed by atoms with Crippen molar-refractivity contribution in [2.45, 2.75) is 71.0 Å². The van der Waals surface area contributed by atoms with Gasteiger partial charge >= 0.3 is 0 Å². The molecule has 1 aromatic heterocycles. The highest BCUT2D eigenvalue weighted by molar-refractivity contribution is 5.76. The van der Waals surface area contributed by atoms with Crippen molar-refractivity contribution in [1.29, 1.82) is 0 Å². The van der Waals surface area contributed by atoms with Gasteiger partial charge in [0.25, 0.3) is 0 Å². The summed E-state index contributed by atoms with van der Waals surface area (Å²) in [6, 6.07) is 11.6. The number of likely N-dealkylation sites (N-methyl/N-ethyl adjacent to an activating group) is 1. The van der Waals surface area contributed by atoms with E-state index in [0.29, 0.717) is 18.5 Å². The summed E-state index contributed by atoms with van der Waals surface area (Å²) in [5, 5.41) is 4.60. The van der Waals surface area contributed by atoms with Crippen molar-refractivity contribution < 1.29 is 4.79 Å². The first kappa shape index (κ1) is 20.1. The maximum atomic E-state index is 13.4. The van der Waals surface area contributed by atoms with Crippen LogP contribution in [-0.4, -0.2) is 57.7 Å². The predicted molar refractivity (Wildman–Crippen MR) is 116 cm³/mol. The Morgan fingerprint density at radius 2 is 1.83 bits per heavy atom. The average Bonchev–Trinajstić information content (AvgIpc) is 2.88. The Morgan fingerprint density at radius 3 is 2.52 bits per heavy atom. The number of carbonyl (C=O) groups is 1. The fourth-order valence-corrected chi connectivity index (χ4v) is 5.39. The highest BCUT2D eigenvalue weighted by Crippen LogP contribution is 2.38. The van der Waals surface area contributed by atoms with Crippen LogP contribution < -0.4 is 0 Å². The highest BCUT2D eigenvalue weighted by atomic mass is 16.2. The number of fused-ring (bicyclic) bond motifs is 1. The van der Waals surface area contributed by atoms with Crippen molar-refractivity contribution >= 4 is 5.91 Å². The molecule has 1 amide bonds. The molecule has 0 saturated carbocycles. The van der Waals surface area contributed by atoms with E-state index in [-0.39, 0.29) is 11.9 Å². The number of likely N-dealkylation sites (tertiary alicyclic amines) is 2. The summed E-state index contributed by atoms with van der Waals surface area (Å²) in [5.41, 5.74) is 4.72. The van der Waals surface area contributed by atoms with E-state index >= 15 is 0 Å². The summed E-state index contributed by atoms with van der Waals surface area (Å²) in [5.74, 6) is 0.705. The lowest BCUT2D eigenvalue weighted by molar-refractivity contribution is -0.138. The molecule has 5 nitrogen and oxygen atoms in total. The van der Waals surface area contributed by atoms with Gasteiger partial charge in [0, 0.05) is 30.2 Å². The molecule has 0 unspecified atom stereocenters. The lowest BCUT2D eigenvalue weighted by Gasteiger charge is -2.48. The molecule has 2 aromatic rings. The number of aryl methyl sites for hydroxylation is 1. The van der Waals surface area contributed by atoms with E-state index in [1.807, 2.05) is 11.6 Å². The Balaban J connectivity index is 1.60. The standard InChI is InChI=1S/C24H34N4O/c1-17-18(2)25-28(19(17)3)16-23(29)27-15-13-21(20-10-6-5-7-11-20)24-22(27)12-8-9-14-26(24)4/h5-7,10-11,21-22,24H,8-9,12-16H2,1-4H3/t21-,22-,24-/m1/s1. The molecule has 0 radical (unpaired) electrons. The molecular formula is C24H34N4O. The van der Waals surface area contributed by atoms with Gasteiger partial charge in [-0.2, -0.15) is 5.10 Å². The fraction of sp³-hybridized carbons (Fsp3) is 0.583. The second kappa shape index (κ2) is 8.31. The van der Waals surface area contributed by atoms with Crippen molar-refractivity contribution in [2.24, 2.45) is 0 Å². The SMILES string of the molecule is Cc1nn(CC(=O)N2CC[C@H](c3ccccc3)[C@@H]3[C@H]2CCCCN3C)c(C)c1C. The molecule has 5 heteroatoms. The molecule has 0 aliphatic carbocycles. The lowest BCUT2D eigenvalue weighted by Crippen LogP contribution is -2.59. The Hall–Kier alpha value is -2.14. The molecule has 0 bridgehead atoms. The number of rotatable bonds is 3. The topological polar surface area (TPSA) is 41.4 Å². The largest absolute Gasteiger partial charge is 0.336 e. The van der Waals surface area contributed by atoms with Crippen molar-refractivity contribution in [3.05, 3.63) is 52.8 Å². The third kappa shape index (κ3) is 3.85. The van der Waals surface area contributed by atoms with Crippen LogP contribution >= 0.6 is 0 Å². The van der Waals surface area contributed by atoms with E-state index in [2.05, 4.69) is 66.1 Å². The van der Waals surface area contributed by atoms with Crippen molar-refractivity contribution in [1.82, 2.24) is 19.6 Å². The van der Waals surface area contributed by atoms with Gasteiger partial charge in [0.15, 0.2) is 0 Å². The van der Waals surface area contributed by atoms with Gasteiger partial charge in [-0.1, -0.05) is 36.8 Å². The first-order chi connectivity index (χ1) is 14.0. The number of amides is 1. The van der Waals surface area contributed by atoms with Crippen molar-refractivity contribution in [3.8, 4) is 0 Å². The monoisotopic (exact) mass is 394 g/mol. The predicted octanol–water partition coefficient (Wildman–Crippen LogP) is 3.68. The summed E-state index contributed by atoms with van der Waals surface area (Å²) in [6.45, 7) is 8.47. The van der Waals surface area contributed by atoms with Crippen LogP contribution in [0.3, 0.4) is 0 Å². The maximum absolute atomic E-state index is 13.4.